The molecule has 0 aliphatic carbocycles. The van der Waals surface area contributed by atoms with Crippen LogP contribution in [0.1, 0.15) is 0 Å². The zero-order chi connectivity index (χ0) is 10.7. The summed E-state index contributed by atoms with van der Waals surface area (Å²) < 4.78 is 2.85. The van der Waals surface area contributed by atoms with E-state index in [2.05, 4.69) is 22.7 Å². The molecule has 0 aliphatic rings. The van der Waals surface area contributed by atoms with Crippen LogP contribution in [0, 0.1) is 0 Å². The molecule has 2 rings (SSSR count). The van der Waals surface area contributed by atoms with Gasteiger partial charge in [0, 0.05) is 18.1 Å². The van der Waals surface area contributed by atoms with Gasteiger partial charge >= 0.3 is 5.69 Å². The van der Waals surface area contributed by atoms with E-state index in [1.807, 2.05) is 12.2 Å². The summed E-state index contributed by atoms with van der Waals surface area (Å²) in [6.45, 7) is 0.459. The first kappa shape index (κ1) is 9.97. The molecular weight excluding hydrogens is 212 g/mol. The minimum atomic E-state index is -0.156. The molecule has 0 saturated heterocycles. The molecule has 0 radical (unpaired) electrons. The van der Waals surface area contributed by atoms with Crippen LogP contribution in [-0.4, -0.2) is 24.9 Å². The van der Waals surface area contributed by atoms with Crippen molar-refractivity contribution in [2.75, 3.05) is 5.75 Å². The predicted molar refractivity (Wildman–Crippen MR) is 60.2 cm³/mol. The number of allylic oxidation sites excluding steroid dienone is 1. The molecule has 0 unspecified atom stereocenters. The maximum atomic E-state index is 11.7. The van der Waals surface area contributed by atoms with E-state index in [9.17, 15) is 4.79 Å². The SMILES string of the molecule is O=c1n(CC=CCS)nc2cnccn12. The molecule has 2 aromatic heterocycles. The summed E-state index contributed by atoms with van der Waals surface area (Å²) in [5, 5.41) is 4.11. The van der Waals surface area contributed by atoms with Gasteiger partial charge in [-0.2, -0.15) is 12.6 Å². The standard InChI is InChI=1S/C9H10N4OS/c14-9-12-5-3-10-7-8(12)11-13(9)4-1-2-6-15/h1-3,5,7,15H,4,6H2. The lowest BCUT2D eigenvalue weighted by molar-refractivity contribution is 0.672. The monoisotopic (exact) mass is 222 g/mol. The second-order valence-corrected chi connectivity index (χ2v) is 3.29. The maximum Gasteiger partial charge on any atom is 0.350 e. The molecular formula is C9H10N4OS. The van der Waals surface area contributed by atoms with Gasteiger partial charge < -0.3 is 0 Å². The van der Waals surface area contributed by atoms with Crippen molar-refractivity contribution in [3.63, 3.8) is 0 Å². The molecule has 15 heavy (non-hydrogen) atoms. The van der Waals surface area contributed by atoms with Crippen molar-refractivity contribution >= 4 is 18.3 Å². The van der Waals surface area contributed by atoms with Crippen molar-refractivity contribution < 1.29 is 0 Å². The summed E-state index contributed by atoms with van der Waals surface area (Å²) in [5.74, 6) is 0.656. The van der Waals surface area contributed by atoms with Crippen LogP contribution < -0.4 is 5.69 Å². The highest BCUT2D eigenvalue weighted by molar-refractivity contribution is 7.80. The Labute approximate surface area is 91.5 Å². The Morgan fingerprint density at radius 2 is 2.33 bits per heavy atom. The van der Waals surface area contributed by atoms with E-state index in [0.29, 0.717) is 17.9 Å². The quantitative estimate of drug-likeness (QED) is 0.603. The Hall–Kier alpha value is -1.56. The molecule has 0 amide bonds. The van der Waals surface area contributed by atoms with Crippen LogP contribution in [0.5, 0.6) is 0 Å². The molecule has 0 aliphatic heterocycles. The second-order valence-electron chi connectivity index (χ2n) is 2.92. The average molecular weight is 222 g/mol. The van der Waals surface area contributed by atoms with Gasteiger partial charge in [0.15, 0.2) is 5.65 Å². The number of fused-ring (bicyclic) bond motifs is 1. The summed E-state index contributed by atoms with van der Waals surface area (Å²) in [6, 6.07) is 0. The number of nitrogens with zero attached hydrogens (tertiary/aromatic N) is 4. The number of aromatic nitrogens is 4. The van der Waals surface area contributed by atoms with Gasteiger partial charge in [0.2, 0.25) is 0 Å². The zero-order valence-electron chi connectivity index (χ0n) is 7.95. The molecule has 0 spiro atoms. The Morgan fingerprint density at radius 1 is 1.47 bits per heavy atom. The Kier molecular flexibility index (Phi) is 2.86. The molecule has 0 aromatic carbocycles. The van der Waals surface area contributed by atoms with Gasteiger partial charge in [-0.05, 0) is 0 Å². The predicted octanol–water partition coefficient (Wildman–Crippen LogP) is 0.377. The second kappa shape index (κ2) is 4.31. The van der Waals surface area contributed by atoms with Gasteiger partial charge in [0.05, 0.1) is 12.7 Å². The fourth-order valence-electron chi connectivity index (χ4n) is 1.25. The van der Waals surface area contributed by atoms with Gasteiger partial charge in [0.1, 0.15) is 0 Å². The summed E-state index contributed by atoms with van der Waals surface area (Å²) in [7, 11) is 0. The molecule has 2 aromatic rings. The highest BCUT2D eigenvalue weighted by Crippen LogP contribution is 1.92. The Balaban J connectivity index is 2.40. The normalized spacial score (nSPS) is 11.5. The molecule has 5 nitrogen and oxygen atoms in total. The van der Waals surface area contributed by atoms with Crippen LogP contribution in [0.4, 0.5) is 0 Å². The fraction of sp³-hybridized carbons (Fsp3) is 0.222. The first-order chi connectivity index (χ1) is 7.33. The molecule has 78 valence electrons. The largest absolute Gasteiger partial charge is 0.350 e. The van der Waals surface area contributed by atoms with Crippen molar-refractivity contribution in [3.05, 3.63) is 41.2 Å². The maximum absolute atomic E-state index is 11.7. The molecule has 2 heterocycles. The summed E-state index contributed by atoms with van der Waals surface area (Å²) in [5.41, 5.74) is 0.401. The van der Waals surface area contributed by atoms with E-state index in [0.717, 1.165) is 0 Å². The molecule has 0 saturated carbocycles. The van der Waals surface area contributed by atoms with Crippen molar-refractivity contribution in [2.24, 2.45) is 0 Å². The first-order valence-corrected chi connectivity index (χ1v) is 5.11. The van der Waals surface area contributed by atoms with Gasteiger partial charge in [-0.25, -0.2) is 13.9 Å². The minimum Gasteiger partial charge on any atom is -0.259 e. The lowest BCUT2D eigenvalue weighted by Gasteiger charge is -1.89. The van der Waals surface area contributed by atoms with E-state index in [4.69, 9.17) is 0 Å². The molecule has 0 N–H and O–H groups in total. The van der Waals surface area contributed by atoms with Crippen LogP contribution in [0.15, 0.2) is 35.5 Å². The zero-order valence-corrected chi connectivity index (χ0v) is 8.84. The van der Waals surface area contributed by atoms with E-state index >= 15 is 0 Å². The van der Waals surface area contributed by atoms with Crippen molar-refractivity contribution in [2.45, 2.75) is 6.54 Å². The number of thiol groups is 1. The Morgan fingerprint density at radius 3 is 3.07 bits per heavy atom. The third-order valence-corrected chi connectivity index (χ3v) is 2.15. The lowest BCUT2D eigenvalue weighted by Crippen LogP contribution is -2.20. The summed E-state index contributed by atoms with van der Waals surface area (Å²) >= 11 is 4.03. The van der Waals surface area contributed by atoms with Gasteiger partial charge in [0.25, 0.3) is 0 Å². The van der Waals surface area contributed by atoms with Crippen LogP contribution in [0.2, 0.25) is 0 Å². The smallest absolute Gasteiger partial charge is 0.259 e. The molecule has 0 fully saturated rings. The van der Waals surface area contributed by atoms with E-state index < -0.39 is 0 Å². The van der Waals surface area contributed by atoms with Gasteiger partial charge in [-0.3, -0.25) is 4.98 Å². The summed E-state index contributed by atoms with van der Waals surface area (Å²) in [6.07, 6.45) is 8.44. The van der Waals surface area contributed by atoms with Crippen LogP contribution in [0.3, 0.4) is 0 Å². The van der Waals surface area contributed by atoms with Gasteiger partial charge in [-0.15, -0.1) is 5.10 Å². The van der Waals surface area contributed by atoms with Crippen LogP contribution in [0.25, 0.3) is 5.65 Å². The van der Waals surface area contributed by atoms with E-state index in [1.54, 1.807) is 18.6 Å². The summed E-state index contributed by atoms with van der Waals surface area (Å²) in [4.78, 5) is 15.6. The highest BCUT2D eigenvalue weighted by atomic mass is 32.1. The fourth-order valence-corrected chi connectivity index (χ4v) is 1.40. The number of hydrogen-bond acceptors (Lipinski definition) is 4. The molecule has 0 bridgehead atoms. The van der Waals surface area contributed by atoms with E-state index in [-0.39, 0.29) is 5.69 Å². The first-order valence-electron chi connectivity index (χ1n) is 4.48. The van der Waals surface area contributed by atoms with Crippen LogP contribution in [-0.2, 0) is 6.54 Å². The highest BCUT2D eigenvalue weighted by Gasteiger charge is 2.03. The number of hydrogen-bond donors (Lipinski definition) is 1. The average Bonchev–Trinajstić information content (AvgIpc) is 2.57. The lowest BCUT2D eigenvalue weighted by atomic mass is 10.5. The topological polar surface area (TPSA) is 52.2 Å². The molecule has 0 atom stereocenters. The van der Waals surface area contributed by atoms with E-state index in [1.165, 1.54) is 9.08 Å². The third-order valence-electron chi connectivity index (χ3n) is 1.94. The van der Waals surface area contributed by atoms with Gasteiger partial charge in [-0.1, -0.05) is 12.2 Å². The minimum absolute atomic E-state index is 0.156. The molecule has 6 heteroatoms. The number of rotatable bonds is 3. The van der Waals surface area contributed by atoms with Crippen molar-refractivity contribution in [1.82, 2.24) is 19.2 Å². The van der Waals surface area contributed by atoms with Crippen molar-refractivity contribution in [3.8, 4) is 0 Å². The van der Waals surface area contributed by atoms with Crippen LogP contribution >= 0.6 is 12.6 Å². The third kappa shape index (κ3) is 1.94. The van der Waals surface area contributed by atoms with Crippen molar-refractivity contribution in [1.29, 1.82) is 0 Å². The Bertz CT molecular complexity index is 542.